The topological polar surface area (TPSA) is 75.3 Å². The first-order valence-corrected chi connectivity index (χ1v) is 8.76. The number of nitrogen functional groups attached to an aromatic ring is 1. The van der Waals surface area contributed by atoms with Crippen molar-refractivity contribution in [3.63, 3.8) is 0 Å². The number of hydrogen-bond acceptors (Lipinski definition) is 3. The summed E-state index contributed by atoms with van der Waals surface area (Å²) in [6.07, 6.45) is 3.00. The highest BCUT2D eigenvalue weighted by molar-refractivity contribution is 7.58. The van der Waals surface area contributed by atoms with E-state index >= 15 is 0 Å². The molecule has 1 aromatic rings. The van der Waals surface area contributed by atoms with Crippen molar-refractivity contribution in [1.82, 2.24) is 0 Å². The molecule has 19 heavy (non-hydrogen) atoms. The molecule has 1 aromatic carbocycles. The van der Waals surface area contributed by atoms with Crippen molar-refractivity contribution in [2.24, 2.45) is 0 Å². The molecule has 0 aromatic heterocycles. The molecule has 0 bridgehead atoms. The summed E-state index contributed by atoms with van der Waals surface area (Å²) in [7, 11) is -1.35. The molecule has 0 amide bonds. The normalized spacial score (nSPS) is 15.8. The highest BCUT2D eigenvalue weighted by atomic mass is 31.2. The smallest absolute Gasteiger partial charge is 0.207 e. The lowest BCUT2D eigenvalue weighted by atomic mass is 10.1. The molecule has 0 aliphatic heterocycles. The van der Waals surface area contributed by atoms with Crippen molar-refractivity contribution in [2.75, 3.05) is 24.3 Å². The zero-order valence-electron chi connectivity index (χ0n) is 12.0. The van der Waals surface area contributed by atoms with E-state index in [1.165, 1.54) is 0 Å². The standard InChI is InChI=1S/C14H25N2O2P/c1-4-6-7-14(19(17,18)5-2)11-8-9-13(16-3)12(15)10-11/h8-10,14,16H,4-7,15H2,1-3H3,(H,17,18). The summed E-state index contributed by atoms with van der Waals surface area (Å²) in [5.41, 5.74) is 7.99. The van der Waals surface area contributed by atoms with E-state index in [4.69, 9.17) is 5.73 Å². The van der Waals surface area contributed by atoms with Gasteiger partial charge in [0, 0.05) is 13.2 Å². The third-order valence-corrected chi connectivity index (χ3v) is 5.94. The number of rotatable bonds is 7. The van der Waals surface area contributed by atoms with Crippen molar-refractivity contribution in [1.29, 1.82) is 0 Å². The van der Waals surface area contributed by atoms with Crippen LogP contribution < -0.4 is 11.1 Å². The van der Waals surface area contributed by atoms with Gasteiger partial charge in [0.2, 0.25) is 7.37 Å². The van der Waals surface area contributed by atoms with Gasteiger partial charge in [0.15, 0.2) is 0 Å². The maximum atomic E-state index is 12.4. The Bertz CT molecular complexity index is 463. The SMILES string of the molecule is CCCCC(c1ccc(NC)c(N)c1)P(=O)(O)CC. The lowest BCUT2D eigenvalue weighted by Crippen LogP contribution is -2.04. The van der Waals surface area contributed by atoms with E-state index in [9.17, 15) is 9.46 Å². The zero-order valence-corrected chi connectivity index (χ0v) is 12.9. The van der Waals surface area contributed by atoms with Crippen LogP contribution >= 0.6 is 7.37 Å². The van der Waals surface area contributed by atoms with E-state index in [2.05, 4.69) is 12.2 Å². The van der Waals surface area contributed by atoms with E-state index in [-0.39, 0.29) is 5.66 Å². The lowest BCUT2D eigenvalue weighted by molar-refractivity contribution is 0.458. The van der Waals surface area contributed by atoms with Gasteiger partial charge in [0.25, 0.3) is 0 Å². The Morgan fingerprint density at radius 3 is 2.58 bits per heavy atom. The quantitative estimate of drug-likeness (QED) is 0.525. The molecule has 2 atom stereocenters. The van der Waals surface area contributed by atoms with Gasteiger partial charge in [-0.2, -0.15) is 0 Å². The largest absolute Gasteiger partial charge is 0.397 e. The third-order valence-electron chi connectivity index (χ3n) is 3.50. The van der Waals surface area contributed by atoms with E-state index in [0.29, 0.717) is 11.8 Å². The Balaban J connectivity index is 3.10. The molecule has 4 N–H and O–H groups in total. The van der Waals surface area contributed by atoms with Crippen molar-refractivity contribution < 1.29 is 9.46 Å². The van der Waals surface area contributed by atoms with Gasteiger partial charge in [-0.05, 0) is 24.1 Å². The highest BCUT2D eigenvalue weighted by Gasteiger charge is 2.30. The third kappa shape index (κ3) is 3.99. The van der Waals surface area contributed by atoms with Crippen LogP contribution in [0, 0.1) is 0 Å². The number of unbranched alkanes of at least 4 members (excludes halogenated alkanes) is 1. The van der Waals surface area contributed by atoms with Gasteiger partial charge < -0.3 is 15.9 Å². The molecule has 0 saturated carbocycles. The monoisotopic (exact) mass is 284 g/mol. The predicted octanol–water partition coefficient (Wildman–Crippen LogP) is 3.83. The fraction of sp³-hybridized carbons (Fsp3) is 0.571. The number of nitrogens with two attached hydrogens (primary N) is 1. The number of benzene rings is 1. The molecular weight excluding hydrogens is 259 g/mol. The summed E-state index contributed by atoms with van der Waals surface area (Å²) in [5.74, 6) is 0. The molecule has 0 radical (unpaired) electrons. The van der Waals surface area contributed by atoms with Gasteiger partial charge in [-0.3, -0.25) is 4.57 Å². The Hall–Kier alpha value is -0.990. The average molecular weight is 284 g/mol. The molecule has 0 saturated heterocycles. The first kappa shape index (κ1) is 16.1. The molecule has 0 aliphatic rings. The van der Waals surface area contributed by atoms with E-state index in [0.717, 1.165) is 30.5 Å². The molecule has 1 rings (SSSR count). The van der Waals surface area contributed by atoms with Crippen LogP contribution in [-0.4, -0.2) is 18.1 Å². The molecular formula is C14H25N2O2P. The number of hydrogen-bond donors (Lipinski definition) is 3. The van der Waals surface area contributed by atoms with Crippen molar-refractivity contribution >= 4 is 18.7 Å². The highest BCUT2D eigenvalue weighted by Crippen LogP contribution is 2.57. The Kier molecular flexibility index (Phi) is 5.89. The van der Waals surface area contributed by atoms with E-state index in [1.807, 2.05) is 25.2 Å². The van der Waals surface area contributed by atoms with Gasteiger partial charge >= 0.3 is 0 Å². The Labute approximate surface area is 115 Å². The summed E-state index contributed by atoms with van der Waals surface area (Å²) < 4.78 is 12.4. The van der Waals surface area contributed by atoms with Crippen LogP contribution in [0.15, 0.2) is 18.2 Å². The Morgan fingerprint density at radius 1 is 1.42 bits per heavy atom. The summed E-state index contributed by atoms with van der Waals surface area (Å²) in [6.45, 7) is 3.86. The van der Waals surface area contributed by atoms with Crippen LogP contribution in [0.25, 0.3) is 0 Å². The van der Waals surface area contributed by atoms with Crippen molar-refractivity contribution in [3.8, 4) is 0 Å². The molecule has 0 heterocycles. The van der Waals surface area contributed by atoms with Crippen LogP contribution in [0.2, 0.25) is 0 Å². The van der Waals surface area contributed by atoms with Gasteiger partial charge in [0.1, 0.15) is 0 Å². The lowest BCUT2D eigenvalue weighted by Gasteiger charge is -2.23. The van der Waals surface area contributed by atoms with E-state index < -0.39 is 7.37 Å². The molecule has 4 nitrogen and oxygen atoms in total. The average Bonchev–Trinajstić information content (AvgIpc) is 2.39. The number of anilines is 2. The van der Waals surface area contributed by atoms with Crippen LogP contribution in [0.3, 0.4) is 0 Å². The van der Waals surface area contributed by atoms with Crippen molar-refractivity contribution in [2.45, 2.75) is 38.8 Å². The van der Waals surface area contributed by atoms with Gasteiger partial charge in [-0.25, -0.2) is 0 Å². The minimum Gasteiger partial charge on any atom is -0.397 e. The number of nitrogens with one attached hydrogen (secondary N) is 1. The molecule has 0 fully saturated rings. The molecule has 0 aliphatic carbocycles. The second kappa shape index (κ2) is 6.97. The maximum absolute atomic E-state index is 12.4. The first-order chi connectivity index (χ1) is 8.96. The summed E-state index contributed by atoms with van der Waals surface area (Å²) >= 11 is 0. The van der Waals surface area contributed by atoms with Crippen LogP contribution in [0.1, 0.15) is 44.3 Å². The molecule has 0 spiro atoms. The van der Waals surface area contributed by atoms with Crippen LogP contribution in [0.5, 0.6) is 0 Å². The first-order valence-electron chi connectivity index (χ1n) is 6.84. The van der Waals surface area contributed by atoms with Crippen LogP contribution in [-0.2, 0) is 4.57 Å². The summed E-state index contributed by atoms with van der Waals surface area (Å²) in [4.78, 5) is 10.2. The van der Waals surface area contributed by atoms with Gasteiger partial charge in [-0.15, -0.1) is 0 Å². The fourth-order valence-electron chi connectivity index (χ4n) is 2.24. The Morgan fingerprint density at radius 2 is 2.11 bits per heavy atom. The second-order valence-electron chi connectivity index (χ2n) is 4.83. The molecule has 5 heteroatoms. The summed E-state index contributed by atoms with van der Waals surface area (Å²) in [6, 6.07) is 5.60. The molecule has 108 valence electrons. The second-order valence-corrected chi connectivity index (χ2v) is 7.59. The van der Waals surface area contributed by atoms with Gasteiger partial charge in [0.05, 0.1) is 17.0 Å². The van der Waals surface area contributed by atoms with Gasteiger partial charge in [-0.1, -0.05) is 32.8 Å². The van der Waals surface area contributed by atoms with E-state index in [1.54, 1.807) is 6.92 Å². The molecule has 2 unspecified atom stereocenters. The summed E-state index contributed by atoms with van der Waals surface area (Å²) in [5, 5.41) is 3.00. The zero-order chi connectivity index (χ0) is 14.5. The predicted molar refractivity (Wildman–Crippen MR) is 83.0 cm³/mol. The minimum absolute atomic E-state index is 0.300. The maximum Gasteiger partial charge on any atom is 0.207 e. The van der Waals surface area contributed by atoms with Crippen molar-refractivity contribution in [3.05, 3.63) is 23.8 Å². The minimum atomic E-state index is -3.15. The van der Waals surface area contributed by atoms with Crippen LogP contribution in [0.4, 0.5) is 11.4 Å². The fourth-order valence-corrected chi connectivity index (χ4v) is 3.89.